The summed E-state index contributed by atoms with van der Waals surface area (Å²) in [5, 5.41) is 10.7. The minimum absolute atomic E-state index is 0.457. The summed E-state index contributed by atoms with van der Waals surface area (Å²) >= 11 is 1.29. The summed E-state index contributed by atoms with van der Waals surface area (Å²) < 4.78 is 4.23. The molecule has 0 radical (unpaired) electrons. The third-order valence-electron chi connectivity index (χ3n) is 2.18. The topological polar surface area (TPSA) is 62.7 Å². The zero-order valence-corrected chi connectivity index (χ0v) is 8.79. The number of nitriles is 1. The average Bonchev–Trinajstić information content (AvgIpc) is 2.76. The second-order valence-corrected chi connectivity index (χ2v) is 3.68. The fraction of sp³-hybridized carbons (Fsp3) is 0.0909. The van der Waals surface area contributed by atoms with Crippen LogP contribution in [0.1, 0.15) is 11.1 Å². The fourth-order valence-electron chi connectivity index (χ4n) is 1.44. The van der Waals surface area contributed by atoms with Gasteiger partial charge in [-0.3, -0.25) is 0 Å². The van der Waals surface area contributed by atoms with Crippen molar-refractivity contribution in [3.63, 3.8) is 0 Å². The van der Waals surface area contributed by atoms with Gasteiger partial charge in [0.25, 0.3) is 0 Å². The lowest BCUT2D eigenvalue weighted by Gasteiger charge is -2.04. The highest BCUT2D eigenvalue weighted by atomic mass is 32.1. The van der Waals surface area contributed by atoms with Gasteiger partial charge in [-0.2, -0.15) is 9.64 Å². The normalized spacial score (nSPS) is 9.87. The molecule has 0 aliphatic carbocycles. The molecule has 1 aromatic carbocycles. The van der Waals surface area contributed by atoms with E-state index in [0.717, 1.165) is 16.8 Å². The smallest absolute Gasteiger partial charge is 0.102 e. The molecule has 4 heteroatoms. The van der Waals surface area contributed by atoms with E-state index < -0.39 is 0 Å². The maximum atomic E-state index is 8.92. The molecule has 0 aliphatic rings. The molecule has 15 heavy (non-hydrogen) atoms. The summed E-state index contributed by atoms with van der Waals surface area (Å²) in [6.07, 6.45) is 0. The molecule has 0 spiro atoms. The van der Waals surface area contributed by atoms with Gasteiger partial charge in [0.15, 0.2) is 0 Å². The minimum atomic E-state index is 0.457. The average molecular weight is 215 g/mol. The van der Waals surface area contributed by atoms with Crippen LogP contribution in [0.4, 0.5) is 0 Å². The van der Waals surface area contributed by atoms with Gasteiger partial charge in [-0.05, 0) is 17.1 Å². The fourth-order valence-corrected chi connectivity index (χ4v) is 2.06. The van der Waals surface area contributed by atoms with Gasteiger partial charge in [-0.25, -0.2) is 0 Å². The van der Waals surface area contributed by atoms with Gasteiger partial charge in [-0.1, -0.05) is 24.3 Å². The Morgan fingerprint density at radius 2 is 2.20 bits per heavy atom. The predicted molar refractivity (Wildman–Crippen MR) is 60.2 cm³/mol. The van der Waals surface area contributed by atoms with E-state index in [-0.39, 0.29) is 0 Å². The van der Waals surface area contributed by atoms with Crippen molar-refractivity contribution in [2.24, 2.45) is 5.73 Å². The lowest BCUT2D eigenvalue weighted by molar-refractivity contribution is 1.07. The van der Waals surface area contributed by atoms with Crippen molar-refractivity contribution in [1.82, 2.24) is 4.37 Å². The van der Waals surface area contributed by atoms with Crippen molar-refractivity contribution in [3.05, 3.63) is 40.8 Å². The summed E-state index contributed by atoms with van der Waals surface area (Å²) in [6.45, 7) is 0.457. The van der Waals surface area contributed by atoms with E-state index >= 15 is 0 Å². The highest BCUT2D eigenvalue weighted by Gasteiger charge is 2.10. The zero-order valence-electron chi connectivity index (χ0n) is 7.97. The second-order valence-electron chi connectivity index (χ2n) is 3.05. The van der Waals surface area contributed by atoms with Crippen LogP contribution in [0.15, 0.2) is 29.6 Å². The Balaban J connectivity index is 2.59. The maximum absolute atomic E-state index is 8.92. The molecule has 74 valence electrons. The first-order chi connectivity index (χ1) is 7.36. The van der Waals surface area contributed by atoms with Gasteiger partial charge in [-0.15, -0.1) is 0 Å². The first kappa shape index (κ1) is 9.84. The van der Waals surface area contributed by atoms with Crippen LogP contribution < -0.4 is 5.73 Å². The molecule has 2 aromatic rings. The van der Waals surface area contributed by atoms with E-state index in [9.17, 15) is 0 Å². The molecule has 0 saturated carbocycles. The number of aromatic nitrogens is 1. The lowest BCUT2D eigenvalue weighted by atomic mass is 10.0. The van der Waals surface area contributed by atoms with E-state index in [2.05, 4.69) is 10.4 Å². The maximum Gasteiger partial charge on any atom is 0.102 e. The van der Waals surface area contributed by atoms with Crippen molar-refractivity contribution >= 4 is 11.5 Å². The molecular formula is C11H9N3S. The molecule has 0 amide bonds. The standard InChI is InChI=1S/C11H9N3S/c12-5-8-3-1-2-4-10(8)11-9(6-13)7-15-14-11/h1-4,7H,5,12H2. The van der Waals surface area contributed by atoms with Crippen LogP contribution in [0.5, 0.6) is 0 Å². The van der Waals surface area contributed by atoms with E-state index in [1.165, 1.54) is 11.5 Å². The van der Waals surface area contributed by atoms with Gasteiger partial charge in [0.2, 0.25) is 0 Å². The molecule has 3 nitrogen and oxygen atoms in total. The number of hydrogen-bond donors (Lipinski definition) is 1. The van der Waals surface area contributed by atoms with Crippen molar-refractivity contribution in [2.75, 3.05) is 0 Å². The summed E-state index contributed by atoms with van der Waals surface area (Å²) in [7, 11) is 0. The van der Waals surface area contributed by atoms with E-state index in [1.54, 1.807) is 5.38 Å². The Bertz CT molecular complexity index is 511. The lowest BCUT2D eigenvalue weighted by Crippen LogP contribution is -1.99. The third-order valence-corrected chi connectivity index (χ3v) is 2.81. The Morgan fingerprint density at radius 3 is 2.93 bits per heavy atom. The first-order valence-electron chi connectivity index (χ1n) is 4.49. The molecule has 0 fully saturated rings. The van der Waals surface area contributed by atoms with Gasteiger partial charge in [0, 0.05) is 17.5 Å². The SMILES string of the molecule is N#Cc1csnc1-c1ccccc1CN. The first-order valence-corrected chi connectivity index (χ1v) is 5.33. The van der Waals surface area contributed by atoms with Gasteiger partial charge in [0.05, 0.1) is 5.56 Å². The number of nitrogens with two attached hydrogens (primary N) is 1. The predicted octanol–water partition coefficient (Wildman–Crippen LogP) is 2.14. The van der Waals surface area contributed by atoms with Crippen LogP contribution in [0.25, 0.3) is 11.3 Å². The molecule has 2 rings (SSSR count). The van der Waals surface area contributed by atoms with Gasteiger partial charge >= 0.3 is 0 Å². The van der Waals surface area contributed by atoms with Crippen molar-refractivity contribution in [3.8, 4) is 17.3 Å². The van der Waals surface area contributed by atoms with Crippen LogP contribution in [0, 0.1) is 11.3 Å². The van der Waals surface area contributed by atoms with E-state index in [1.807, 2.05) is 24.3 Å². The van der Waals surface area contributed by atoms with Gasteiger partial charge in [0.1, 0.15) is 11.8 Å². The summed E-state index contributed by atoms with van der Waals surface area (Å²) in [6, 6.07) is 9.89. The summed E-state index contributed by atoms with van der Waals surface area (Å²) in [5.74, 6) is 0. The highest BCUT2D eigenvalue weighted by Crippen LogP contribution is 2.26. The quantitative estimate of drug-likeness (QED) is 0.834. The van der Waals surface area contributed by atoms with E-state index in [4.69, 9.17) is 11.0 Å². The Labute approximate surface area is 92.0 Å². The second kappa shape index (κ2) is 4.22. The molecule has 0 aliphatic heterocycles. The highest BCUT2D eigenvalue weighted by molar-refractivity contribution is 7.04. The monoisotopic (exact) mass is 215 g/mol. The van der Waals surface area contributed by atoms with Crippen LogP contribution >= 0.6 is 11.5 Å². The minimum Gasteiger partial charge on any atom is -0.326 e. The third kappa shape index (κ3) is 1.75. The number of nitrogens with zero attached hydrogens (tertiary/aromatic N) is 2. The molecule has 2 N–H and O–H groups in total. The Hall–Kier alpha value is -1.70. The molecule has 0 unspecified atom stereocenters. The molecule has 1 heterocycles. The van der Waals surface area contributed by atoms with Crippen molar-refractivity contribution < 1.29 is 0 Å². The number of benzene rings is 1. The zero-order chi connectivity index (χ0) is 10.7. The van der Waals surface area contributed by atoms with Crippen LogP contribution in [0.2, 0.25) is 0 Å². The molecule has 0 saturated heterocycles. The number of hydrogen-bond acceptors (Lipinski definition) is 4. The molecule has 0 atom stereocenters. The Kier molecular flexibility index (Phi) is 2.77. The van der Waals surface area contributed by atoms with E-state index in [0.29, 0.717) is 12.1 Å². The van der Waals surface area contributed by atoms with Gasteiger partial charge < -0.3 is 5.73 Å². The van der Waals surface area contributed by atoms with Crippen molar-refractivity contribution in [2.45, 2.75) is 6.54 Å². The van der Waals surface area contributed by atoms with Crippen LogP contribution in [-0.2, 0) is 6.54 Å². The van der Waals surface area contributed by atoms with Crippen LogP contribution in [0.3, 0.4) is 0 Å². The van der Waals surface area contributed by atoms with Crippen molar-refractivity contribution in [1.29, 1.82) is 5.26 Å². The largest absolute Gasteiger partial charge is 0.326 e. The molecular weight excluding hydrogens is 206 g/mol. The molecule has 1 aromatic heterocycles. The Morgan fingerprint density at radius 1 is 1.40 bits per heavy atom. The summed E-state index contributed by atoms with van der Waals surface area (Å²) in [4.78, 5) is 0. The van der Waals surface area contributed by atoms with Crippen LogP contribution in [-0.4, -0.2) is 4.37 Å². The molecule has 0 bridgehead atoms. The number of rotatable bonds is 2. The summed E-state index contributed by atoms with van der Waals surface area (Å²) in [5.41, 5.74) is 8.96.